The fourth-order valence-corrected chi connectivity index (χ4v) is 3.19. The second-order valence-corrected chi connectivity index (χ2v) is 4.87. The van der Waals surface area contributed by atoms with E-state index in [0.29, 0.717) is 11.5 Å². The molecule has 1 spiro atoms. The molecule has 0 unspecified atom stereocenters. The van der Waals surface area contributed by atoms with Gasteiger partial charge in [-0.1, -0.05) is 6.42 Å². The van der Waals surface area contributed by atoms with E-state index in [-0.39, 0.29) is 0 Å². The van der Waals surface area contributed by atoms with Crippen LogP contribution >= 0.6 is 11.3 Å². The monoisotopic (exact) mass is 179 g/mol. The minimum absolute atomic E-state index is 0.682. The molecular weight excluding hydrogens is 166 g/mol. The first-order chi connectivity index (χ1) is 5.91. The summed E-state index contributed by atoms with van der Waals surface area (Å²) >= 11 is 1.81. The number of thiophene rings is 1. The maximum absolute atomic E-state index is 3.55. The molecule has 0 radical (unpaired) electrons. The Kier molecular flexibility index (Phi) is 1.38. The molecule has 3 rings (SSSR count). The molecule has 2 heterocycles. The third kappa shape index (κ3) is 0.771. The second-order valence-electron chi connectivity index (χ2n) is 4.09. The molecule has 1 saturated heterocycles. The van der Waals surface area contributed by atoms with Crippen LogP contribution in [0.15, 0.2) is 16.8 Å². The smallest absolute Gasteiger partial charge is 0.0397 e. The maximum Gasteiger partial charge on any atom is 0.0397 e. The second kappa shape index (κ2) is 2.33. The summed E-state index contributed by atoms with van der Waals surface area (Å²) in [6.45, 7) is 1.26. The number of rotatable bonds is 1. The van der Waals surface area contributed by atoms with Crippen molar-refractivity contribution in [2.24, 2.45) is 5.41 Å². The fraction of sp³-hybridized carbons (Fsp3) is 0.600. The first-order valence-corrected chi connectivity index (χ1v) is 5.61. The number of hydrogen-bond donors (Lipinski definition) is 1. The predicted octanol–water partition coefficient (Wildman–Crippen LogP) is 2.56. The van der Waals surface area contributed by atoms with Crippen LogP contribution in [0.3, 0.4) is 0 Å². The lowest BCUT2D eigenvalue weighted by atomic mass is 9.58. The topological polar surface area (TPSA) is 12.0 Å². The summed E-state index contributed by atoms with van der Waals surface area (Å²) in [5, 5.41) is 8.02. The Morgan fingerprint density at radius 2 is 2.42 bits per heavy atom. The summed E-state index contributed by atoms with van der Waals surface area (Å²) in [5.74, 6) is 0. The van der Waals surface area contributed by atoms with Gasteiger partial charge < -0.3 is 5.32 Å². The van der Waals surface area contributed by atoms with Crippen LogP contribution in [0, 0.1) is 5.41 Å². The molecule has 2 heteroatoms. The zero-order valence-electron chi connectivity index (χ0n) is 7.05. The van der Waals surface area contributed by atoms with Crippen LogP contribution in [0.5, 0.6) is 0 Å². The largest absolute Gasteiger partial charge is 0.309 e. The third-order valence-corrected chi connectivity index (χ3v) is 4.20. The zero-order valence-corrected chi connectivity index (χ0v) is 7.86. The van der Waals surface area contributed by atoms with Gasteiger partial charge in [0.2, 0.25) is 0 Å². The van der Waals surface area contributed by atoms with Gasteiger partial charge >= 0.3 is 0 Å². The predicted molar refractivity (Wildman–Crippen MR) is 51.3 cm³/mol. The van der Waals surface area contributed by atoms with Crippen molar-refractivity contribution in [3.05, 3.63) is 22.4 Å². The Hall–Kier alpha value is -0.340. The van der Waals surface area contributed by atoms with Gasteiger partial charge in [-0.25, -0.2) is 0 Å². The van der Waals surface area contributed by atoms with Crippen molar-refractivity contribution in [1.82, 2.24) is 5.32 Å². The molecule has 12 heavy (non-hydrogen) atoms. The van der Waals surface area contributed by atoms with Gasteiger partial charge in [0.25, 0.3) is 0 Å². The molecule has 1 aliphatic heterocycles. The summed E-state index contributed by atoms with van der Waals surface area (Å²) in [5.41, 5.74) is 2.20. The highest BCUT2D eigenvalue weighted by Gasteiger charge is 2.51. The van der Waals surface area contributed by atoms with Crippen LogP contribution in [0.1, 0.15) is 30.9 Å². The Labute approximate surface area is 76.8 Å². The van der Waals surface area contributed by atoms with E-state index in [1.54, 1.807) is 0 Å². The van der Waals surface area contributed by atoms with Gasteiger partial charge in [-0.3, -0.25) is 0 Å². The van der Waals surface area contributed by atoms with Gasteiger partial charge in [0.05, 0.1) is 0 Å². The average molecular weight is 179 g/mol. The first kappa shape index (κ1) is 7.10. The Morgan fingerprint density at radius 3 is 2.83 bits per heavy atom. The normalized spacial score (nSPS) is 31.2. The lowest BCUT2D eigenvalue weighted by Crippen LogP contribution is -2.59. The number of nitrogens with one attached hydrogen (secondary N) is 1. The molecule has 0 bridgehead atoms. The van der Waals surface area contributed by atoms with Crippen LogP contribution in [-0.2, 0) is 0 Å². The van der Waals surface area contributed by atoms with Crippen LogP contribution in [0.4, 0.5) is 0 Å². The molecule has 64 valence electrons. The van der Waals surface area contributed by atoms with Crippen LogP contribution < -0.4 is 5.32 Å². The Bertz CT molecular complexity index is 269. The SMILES string of the molecule is c1cc([C@H]2NCC23CCC3)cs1. The Balaban J connectivity index is 1.86. The van der Waals surface area contributed by atoms with Gasteiger partial charge in [0.15, 0.2) is 0 Å². The van der Waals surface area contributed by atoms with Crippen molar-refractivity contribution in [1.29, 1.82) is 0 Å². The first-order valence-electron chi connectivity index (χ1n) is 4.66. The molecule has 2 aliphatic rings. The fourth-order valence-electron chi connectivity index (χ4n) is 2.50. The van der Waals surface area contributed by atoms with Crippen molar-refractivity contribution in [2.45, 2.75) is 25.3 Å². The molecule has 2 fully saturated rings. The van der Waals surface area contributed by atoms with E-state index in [0.717, 1.165) is 0 Å². The molecule has 1 aliphatic carbocycles. The molecule has 1 N–H and O–H groups in total. The number of hydrogen-bond acceptors (Lipinski definition) is 2. The van der Waals surface area contributed by atoms with E-state index in [1.807, 2.05) is 11.3 Å². The lowest BCUT2D eigenvalue weighted by Gasteiger charge is -2.56. The molecule has 1 saturated carbocycles. The van der Waals surface area contributed by atoms with E-state index in [9.17, 15) is 0 Å². The highest BCUT2D eigenvalue weighted by molar-refractivity contribution is 7.07. The maximum atomic E-state index is 3.55. The molecular formula is C10H13NS. The summed E-state index contributed by atoms with van der Waals surface area (Å²) in [7, 11) is 0. The van der Waals surface area contributed by atoms with Crippen molar-refractivity contribution < 1.29 is 0 Å². The van der Waals surface area contributed by atoms with Gasteiger partial charge in [-0.2, -0.15) is 11.3 Å². The molecule has 0 amide bonds. The standard InChI is InChI=1S/C10H13NS/c1-3-10(4-1)7-11-9(10)8-2-5-12-6-8/h2,5-6,9,11H,1,3-4,7H2/t9-/m1/s1. The minimum Gasteiger partial charge on any atom is -0.309 e. The summed E-state index contributed by atoms with van der Waals surface area (Å²) in [6, 6.07) is 2.96. The summed E-state index contributed by atoms with van der Waals surface area (Å²) in [4.78, 5) is 0. The molecule has 1 atom stereocenters. The van der Waals surface area contributed by atoms with Crippen molar-refractivity contribution in [3.63, 3.8) is 0 Å². The molecule has 0 aromatic carbocycles. The van der Waals surface area contributed by atoms with Crippen LogP contribution in [-0.4, -0.2) is 6.54 Å². The van der Waals surface area contributed by atoms with Crippen LogP contribution in [0.2, 0.25) is 0 Å². The minimum atomic E-state index is 0.682. The van der Waals surface area contributed by atoms with E-state index in [1.165, 1.54) is 31.4 Å². The molecule has 1 aromatic rings. The zero-order chi connectivity index (χ0) is 8.02. The van der Waals surface area contributed by atoms with Crippen molar-refractivity contribution >= 4 is 11.3 Å². The lowest BCUT2D eigenvalue weighted by molar-refractivity contribution is -0.00543. The summed E-state index contributed by atoms with van der Waals surface area (Å²) < 4.78 is 0. The van der Waals surface area contributed by atoms with Crippen molar-refractivity contribution in [3.8, 4) is 0 Å². The quantitative estimate of drug-likeness (QED) is 0.698. The van der Waals surface area contributed by atoms with E-state index >= 15 is 0 Å². The van der Waals surface area contributed by atoms with Crippen molar-refractivity contribution in [2.75, 3.05) is 6.54 Å². The van der Waals surface area contributed by atoms with Crippen LogP contribution in [0.25, 0.3) is 0 Å². The highest BCUT2D eigenvalue weighted by Crippen LogP contribution is 2.55. The third-order valence-electron chi connectivity index (χ3n) is 3.50. The molecule has 1 nitrogen and oxygen atoms in total. The van der Waals surface area contributed by atoms with Gasteiger partial charge in [-0.15, -0.1) is 0 Å². The van der Waals surface area contributed by atoms with Gasteiger partial charge in [0.1, 0.15) is 0 Å². The Morgan fingerprint density at radius 1 is 1.50 bits per heavy atom. The average Bonchev–Trinajstić information content (AvgIpc) is 2.33. The van der Waals surface area contributed by atoms with E-state index < -0.39 is 0 Å². The van der Waals surface area contributed by atoms with Gasteiger partial charge in [0, 0.05) is 18.0 Å². The van der Waals surface area contributed by atoms with Gasteiger partial charge in [-0.05, 0) is 35.2 Å². The van der Waals surface area contributed by atoms with E-state index in [4.69, 9.17) is 0 Å². The molecule has 1 aromatic heterocycles. The highest BCUT2D eigenvalue weighted by atomic mass is 32.1. The van der Waals surface area contributed by atoms with E-state index in [2.05, 4.69) is 22.1 Å². The summed E-state index contributed by atoms with van der Waals surface area (Å²) in [6.07, 6.45) is 4.34.